The van der Waals surface area contributed by atoms with E-state index in [0.717, 1.165) is 5.56 Å². The Morgan fingerprint density at radius 3 is 2.42 bits per heavy atom. The van der Waals surface area contributed by atoms with Crippen LogP contribution >= 0.6 is 0 Å². The largest absolute Gasteiger partial charge is 0.497 e. The average Bonchev–Trinajstić information content (AvgIpc) is 2.59. The summed E-state index contributed by atoms with van der Waals surface area (Å²) in [5.41, 5.74) is 0.757. The Labute approximate surface area is 142 Å². The van der Waals surface area contributed by atoms with Crippen molar-refractivity contribution in [3.63, 3.8) is 0 Å². The lowest BCUT2D eigenvalue weighted by atomic mass is 10.2. The Morgan fingerprint density at radius 2 is 1.75 bits per heavy atom. The van der Waals surface area contributed by atoms with Crippen molar-refractivity contribution in [3.8, 4) is 17.2 Å². The van der Waals surface area contributed by atoms with Gasteiger partial charge in [-0.3, -0.25) is 0 Å². The fraction of sp³-hybridized carbons (Fsp3) is 0.294. The first kappa shape index (κ1) is 18.1. The van der Waals surface area contributed by atoms with Gasteiger partial charge in [0.05, 0.1) is 19.1 Å². The molecular weight excluding hydrogens is 330 g/mol. The second-order valence-corrected chi connectivity index (χ2v) is 6.82. The van der Waals surface area contributed by atoms with Crippen molar-refractivity contribution < 1.29 is 22.6 Å². The van der Waals surface area contributed by atoms with Crippen LogP contribution in [0.3, 0.4) is 0 Å². The lowest BCUT2D eigenvalue weighted by molar-refractivity contribution is 0.320. The number of benzene rings is 2. The van der Waals surface area contributed by atoms with Gasteiger partial charge < -0.3 is 14.2 Å². The molecule has 0 saturated heterocycles. The number of methoxy groups -OCH3 is 2. The molecule has 7 heteroatoms. The molecule has 0 saturated carbocycles. The van der Waals surface area contributed by atoms with E-state index in [1.807, 2.05) is 6.07 Å². The van der Waals surface area contributed by atoms with Gasteiger partial charge >= 0.3 is 0 Å². The van der Waals surface area contributed by atoms with Crippen molar-refractivity contribution >= 4 is 10.0 Å². The summed E-state index contributed by atoms with van der Waals surface area (Å²) in [4.78, 5) is 0.196. The molecule has 0 aliphatic heterocycles. The minimum absolute atomic E-state index is 0.157. The Hall–Kier alpha value is -2.25. The Kier molecular flexibility index (Phi) is 6.05. The monoisotopic (exact) mass is 351 g/mol. The summed E-state index contributed by atoms with van der Waals surface area (Å²) in [7, 11) is -0.465. The minimum Gasteiger partial charge on any atom is -0.497 e. The fourth-order valence-corrected chi connectivity index (χ4v) is 3.24. The molecular formula is C17H21NO5S. The second-order valence-electron chi connectivity index (χ2n) is 5.06. The van der Waals surface area contributed by atoms with Crippen LogP contribution in [0.15, 0.2) is 47.4 Å². The third-order valence-corrected chi connectivity index (χ3v) is 4.84. The first-order chi connectivity index (χ1) is 11.5. The standard InChI is InChI=1S/C17H21NO5S/c1-13-11-16(7-8-17(13)22-3)24(19,20)18-9-10-23-15-6-4-5-14(12-15)21-2/h4-8,11-12,18H,9-10H2,1-3H3. The van der Waals surface area contributed by atoms with Crippen molar-refractivity contribution in [1.29, 1.82) is 0 Å². The molecule has 0 atom stereocenters. The molecule has 2 aromatic carbocycles. The van der Waals surface area contributed by atoms with Gasteiger partial charge in [-0.2, -0.15) is 0 Å². The van der Waals surface area contributed by atoms with E-state index in [1.165, 1.54) is 6.07 Å². The van der Waals surface area contributed by atoms with Crippen LogP contribution in [0.25, 0.3) is 0 Å². The molecule has 24 heavy (non-hydrogen) atoms. The molecule has 0 unspecified atom stereocenters. The summed E-state index contributed by atoms with van der Waals surface area (Å²) in [6, 6.07) is 11.9. The smallest absolute Gasteiger partial charge is 0.240 e. The number of hydrogen-bond donors (Lipinski definition) is 1. The minimum atomic E-state index is -3.59. The van der Waals surface area contributed by atoms with Gasteiger partial charge in [0.1, 0.15) is 23.9 Å². The maximum atomic E-state index is 12.3. The Bertz CT molecular complexity index is 789. The van der Waals surface area contributed by atoms with E-state index < -0.39 is 10.0 Å². The predicted octanol–water partition coefficient (Wildman–Crippen LogP) is 2.37. The first-order valence-corrected chi connectivity index (χ1v) is 8.86. The van der Waals surface area contributed by atoms with Crippen LogP contribution in [0.4, 0.5) is 0 Å². The molecule has 0 spiro atoms. The van der Waals surface area contributed by atoms with Crippen molar-refractivity contribution in [2.45, 2.75) is 11.8 Å². The molecule has 0 heterocycles. The first-order valence-electron chi connectivity index (χ1n) is 7.37. The van der Waals surface area contributed by atoms with Crippen LogP contribution in [0.2, 0.25) is 0 Å². The van der Waals surface area contributed by atoms with E-state index >= 15 is 0 Å². The molecule has 0 aliphatic rings. The van der Waals surface area contributed by atoms with E-state index in [2.05, 4.69) is 4.72 Å². The van der Waals surface area contributed by atoms with E-state index in [9.17, 15) is 8.42 Å². The number of sulfonamides is 1. The molecule has 0 fully saturated rings. The molecule has 0 aromatic heterocycles. The number of rotatable bonds is 8. The molecule has 0 aliphatic carbocycles. The number of hydrogen-bond acceptors (Lipinski definition) is 5. The maximum Gasteiger partial charge on any atom is 0.240 e. The molecule has 0 radical (unpaired) electrons. The number of nitrogens with one attached hydrogen (secondary N) is 1. The van der Waals surface area contributed by atoms with Crippen molar-refractivity contribution in [1.82, 2.24) is 4.72 Å². The van der Waals surface area contributed by atoms with Gasteiger partial charge in [0.25, 0.3) is 0 Å². The van der Waals surface area contributed by atoms with Crippen LogP contribution in [0, 0.1) is 6.92 Å². The zero-order valence-corrected chi connectivity index (χ0v) is 14.7. The summed E-state index contributed by atoms with van der Waals surface area (Å²) < 4.78 is 42.8. The van der Waals surface area contributed by atoms with E-state index in [-0.39, 0.29) is 18.0 Å². The Morgan fingerprint density at radius 1 is 1.00 bits per heavy atom. The zero-order chi connectivity index (χ0) is 17.6. The third-order valence-electron chi connectivity index (χ3n) is 3.38. The number of ether oxygens (including phenoxy) is 3. The van der Waals surface area contributed by atoms with E-state index in [0.29, 0.717) is 17.2 Å². The van der Waals surface area contributed by atoms with Crippen LogP contribution in [-0.4, -0.2) is 35.8 Å². The second kappa shape index (κ2) is 8.03. The molecule has 0 bridgehead atoms. The zero-order valence-electron chi connectivity index (χ0n) is 13.9. The summed E-state index contributed by atoms with van der Waals surface area (Å²) in [6.45, 7) is 2.16. The lowest BCUT2D eigenvalue weighted by Crippen LogP contribution is -2.28. The van der Waals surface area contributed by atoms with Gasteiger partial charge in [-0.15, -0.1) is 0 Å². The predicted molar refractivity (Wildman–Crippen MR) is 91.4 cm³/mol. The highest BCUT2D eigenvalue weighted by atomic mass is 32.2. The molecule has 2 aromatic rings. The fourth-order valence-electron chi connectivity index (χ4n) is 2.14. The maximum absolute atomic E-state index is 12.3. The third kappa shape index (κ3) is 4.62. The summed E-state index contributed by atoms with van der Waals surface area (Å²) in [6.07, 6.45) is 0. The Balaban J connectivity index is 1.92. The highest BCUT2D eigenvalue weighted by Crippen LogP contribution is 2.21. The summed E-state index contributed by atoms with van der Waals surface area (Å²) in [5.74, 6) is 1.95. The molecule has 0 amide bonds. The highest BCUT2D eigenvalue weighted by molar-refractivity contribution is 7.89. The van der Waals surface area contributed by atoms with Crippen LogP contribution < -0.4 is 18.9 Å². The molecule has 1 N–H and O–H groups in total. The highest BCUT2D eigenvalue weighted by Gasteiger charge is 2.14. The van der Waals surface area contributed by atoms with Crippen LogP contribution in [0.5, 0.6) is 17.2 Å². The quantitative estimate of drug-likeness (QED) is 0.739. The van der Waals surface area contributed by atoms with Gasteiger partial charge in [-0.25, -0.2) is 13.1 Å². The van der Waals surface area contributed by atoms with Crippen molar-refractivity contribution in [2.24, 2.45) is 0 Å². The topological polar surface area (TPSA) is 73.9 Å². The van der Waals surface area contributed by atoms with Gasteiger partial charge in [0.15, 0.2) is 0 Å². The summed E-state index contributed by atoms with van der Waals surface area (Å²) >= 11 is 0. The van der Waals surface area contributed by atoms with Crippen molar-refractivity contribution in [2.75, 3.05) is 27.4 Å². The van der Waals surface area contributed by atoms with Crippen LogP contribution in [0.1, 0.15) is 5.56 Å². The molecule has 6 nitrogen and oxygen atoms in total. The van der Waals surface area contributed by atoms with Crippen LogP contribution in [-0.2, 0) is 10.0 Å². The average molecular weight is 351 g/mol. The lowest BCUT2D eigenvalue weighted by Gasteiger charge is -2.11. The van der Waals surface area contributed by atoms with Gasteiger partial charge in [-0.05, 0) is 42.8 Å². The van der Waals surface area contributed by atoms with E-state index in [4.69, 9.17) is 14.2 Å². The van der Waals surface area contributed by atoms with Gasteiger partial charge in [0.2, 0.25) is 10.0 Å². The van der Waals surface area contributed by atoms with Gasteiger partial charge in [0, 0.05) is 12.6 Å². The molecule has 2 rings (SSSR count). The van der Waals surface area contributed by atoms with E-state index in [1.54, 1.807) is 51.5 Å². The SMILES string of the molecule is COc1cccc(OCCNS(=O)(=O)c2ccc(OC)c(C)c2)c1. The number of aryl methyl sites for hydroxylation is 1. The van der Waals surface area contributed by atoms with Crippen molar-refractivity contribution in [3.05, 3.63) is 48.0 Å². The molecule has 130 valence electrons. The summed E-state index contributed by atoms with van der Waals surface area (Å²) in [5, 5.41) is 0. The van der Waals surface area contributed by atoms with Gasteiger partial charge in [-0.1, -0.05) is 6.07 Å². The normalized spacial score (nSPS) is 11.1.